The molecule has 1 fully saturated rings. The Balaban J connectivity index is 1.49. The van der Waals surface area contributed by atoms with Gasteiger partial charge in [0.25, 0.3) is 0 Å². The number of benzene rings is 3. The van der Waals surface area contributed by atoms with Gasteiger partial charge in [-0.05, 0) is 73.9 Å². The first-order chi connectivity index (χ1) is 17.3. The molecule has 0 amide bonds. The quantitative estimate of drug-likeness (QED) is 0.222. The Kier molecular flexibility index (Phi) is 8.06. The predicted molar refractivity (Wildman–Crippen MR) is 126 cm³/mol. The van der Waals surface area contributed by atoms with Crippen LogP contribution in [0.15, 0.2) is 48.5 Å². The molecule has 0 aliphatic heterocycles. The van der Waals surface area contributed by atoms with Gasteiger partial charge in [0.2, 0.25) is 5.82 Å². The minimum atomic E-state index is -1.30. The van der Waals surface area contributed by atoms with E-state index in [0.29, 0.717) is 43.4 Å². The number of carbonyl (C=O) groups excluding carboxylic acids is 1. The lowest BCUT2D eigenvalue weighted by Crippen LogP contribution is -2.18. The molecule has 36 heavy (non-hydrogen) atoms. The Bertz CT molecular complexity index is 1240. The predicted octanol–water partition coefficient (Wildman–Crippen LogP) is 6.68. The lowest BCUT2D eigenvalue weighted by atomic mass is 9.82. The number of hydrogen-bond acceptors (Lipinski definition) is 4. The monoisotopic (exact) mass is 502 g/mol. The molecule has 0 radical (unpaired) electrons. The Morgan fingerprint density at radius 3 is 2.22 bits per heavy atom. The van der Waals surface area contributed by atoms with Gasteiger partial charge in [0, 0.05) is 17.7 Å². The van der Waals surface area contributed by atoms with Crippen LogP contribution >= 0.6 is 0 Å². The zero-order valence-corrected chi connectivity index (χ0v) is 19.7. The molecule has 0 bridgehead atoms. The van der Waals surface area contributed by atoms with Crippen LogP contribution in [-0.2, 0) is 11.3 Å². The normalized spacial score (nSPS) is 17.7. The third-order valence-corrected chi connectivity index (χ3v) is 6.47. The van der Waals surface area contributed by atoms with E-state index in [9.17, 15) is 27.5 Å². The van der Waals surface area contributed by atoms with Crippen molar-refractivity contribution in [2.75, 3.05) is 6.61 Å². The number of esters is 1. The Morgan fingerprint density at radius 1 is 0.861 bits per heavy atom. The lowest BCUT2D eigenvalue weighted by molar-refractivity contribution is 0.0726. The van der Waals surface area contributed by atoms with E-state index in [4.69, 9.17) is 9.47 Å². The average Bonchev–Trinajstić information content (AvgIpc) is 2.89. The van der Waals surface area contributed by atoms with Crippen LogP contribution in [0.25, 0.3) is 11.1 Å². The highest BCUT2D eigenvalue weighted by atomic mass is 19.2. The second-order valence-electron chi connectivity index (χ2n) is 8.79. The van der Waals surface area contributed by atoms with Gasteiger partial charge in [-0.25, -0.2) is 18.0 Å². The number of hydrogen-bond donors (Lipinski definition) is 1. The molecule has 0 heterocycles. The number of carbonyl (C=O) groups is 1. The second-order valence-corrected chi connectivity index (χ2v) is 8.79. The van der Waals surface area contributed by atoms with Crippen molar-refractivity contribution < 1.29 is 36.9 Å². The first-order valence-corrected chi connectivity index (χ1v) is 11.8. The fourth-order valence-electron chi connectivity index (χ4n) is 4.41. The first kappa shape index (κ1) is 25.9. The number of rotatable bonds is 7. The zero-order chi connectivity index (χ0) is 25.8. The van der Waals surface area contributed by atoms with Gasteiger partial charge in [-0.1, -0.05) is 24.3 Å². The smallest absolute Gasteiger partial charge is 0.343 e. The van der Waals surface area contributed by atoms with Crippen molar-refractivity contribution in [1.82, 2.24) is 0 Å². The van der Waals surface area contributed by atoms with Crippen molar-refractivity contribution in [2.24, 2.45) is 0 Å². The van der Waals surface area contributed by atoms with E-state index in [1.807, 2.05) is 0 Å². The second kappa shape index (κ2) is 11.2. The van der Waals surface area contributed by atoms with Gasteiger partial charge in [0.05, 0.1) is 18.3 Å². The van der Waals surface area contributed by atoms with Gasteiger partial charge in [-0.3, -0.25) is 0 Å². The summed E-state index contributed by atoms with van der Waals surface area (Å²) in [6.45, 7) is 1.94. The minimum absolute atomic E-state index is 0.000132. The van der Waals surface area contributed by atoms with Crippen LogP contribution < -0.4 is 4.74 Å². The molecule has 0 spiro atoms. The van der Waals surface area contributed by atoms with Gasteiger partial charge in [-0.15, -0.1) is 0 Å². The van der Waals surface area contributed by atoms with E-state index in [1.54, 1.807) is 13.0 Å². The summed E-state index contributed by atoms with van der Waals surface area (Å²) < 4.78 is 68.4. The van der Waals surface area contributed by atoms with Crippen LogP contribution in [0.3, 0.4) is 0 Å². The number of ether oxygens (including phenoxy) is 2. The molecule has 190 valence electrons. The van der Waals surface area contributed by atoms with E-state index in [1.165, 1.54) is 36.4 Å². The van der Waals surface area contributed by atoms with Crippen LogP contribution in [0.2, 0.25) is 0 Å². The van der Waals surface area contributed by atoms with Gasteiger partial charge in [0.1, 0.15) is 0 Å². The van der Waals surface area contributed by atoms with Crippen molar-refractivity contribution in [3.63, 3.8) is 0 Å². The van der Waals surface area contributed by atoms with Gasteiger partial charge in [-0.2, -0.15) is 4.39 Å². The van der Waals surface area contributed by atoms with E-state index in [-0.39, 0.29) is 29.2 Å². The fraction of sp³-hybridized carbons (Fsp3) is 0.321. The summed E-state index contributed by atoms with van der Waals surface area (Å²) in [4.78, 5) is 12.5. The molecule has 0 atom stereocenters. The maximum absolute atomic E-state index is 14.9. The molecule has 4 nitrogen and oxygen atoms in total. The summed E-state index contributed by atoms with van der Waals surface area (Å²) in [6, 6.07) is 11.0. The molecule has 0 saturated heterocycles. The van der Waals surface area contributed by atoms with E-state index in [0.717, 1.165) is 6.07 Å². The van der Waals surface area contributed by atoms with E-state index < -0.39 is 41.1 Å². The fourth-order valence-corrected chi connectivity index (χ4v) is 4.41. The molecule has 3 aromatic rings. The summed E-state index contributed by atoms with van der Waals surface area (Å²) in [5, 5.41) is 9.66. The minimum Gasteiger partial charge on any atom is -0.420 e. The van der Waals surface area contributed by atoms with Crippen LogP contribution in [0.5, 0.6) is 5.75 Å². The van der Waals surface area contributed by atoms with E-state index >= 15 is 0 Å². The molecule has 1 N–H and O–H groups in total. The summed E-state index contributed by atoms with van der Waals surface area (Å²) in [5.41, 5.74) is 0.691. The number of aliphatic hydroxyl groups excluding tert-OH is 1. The highest BCUT2D eigenvalue weighted by molar-refractivity contribution is 5.91. The zero-order valence-electron chi connectivity index (χ0n) is 19.7. The molecular weight excluding hydrogens is 476 g/mol. The third-order valence-electron chi connectivity index (χ3n) is 6.47. The Morgan fingerprint density at radius 2 is 1.56 bits per heavy atom. The third kappa shape index (κ3) is 5.44. The average molecular weight is 503 g/mol. The Hall–Kier alpha value is -3.23. The molecule has 8 heteroatoms. The van der Waals surface area contributed by atoms with Crippen LogP contribution in [0.4, 0.5) is 17.6 Å². The summed E-state index contributed by atoms with van der Waals surface area (Å²) in [5.74, 6) is -6.01. The highest BCUT2D eigenvalue weighted by Gasteiger charge is 2.26. The number of aliphatic hydroxyl groups is 1. The van der Waals surface area contributed by atoms with Crippen molar-refractivity contribution in [3.05, 3.63) is 88.5 Å². The molecule has 1 aliphatic carbocycles. The molecule has 1 saturated carbocycles. The van der Waals surface area contributed by atoms with Crippen LogP contribution in [0, 0.1) is 23.3 Å². The largest absolute Gasteiger partial charge is 0.420 e. The molecule has 4 rings (SSSR count). The van der Waals surface area contributed by atoms with E-state index in [2.05, 4.69) is 0 Å². The molecule has 0 unspecified atom stereocenters. The highest BCUT2D eigenvalue weighted by Crippen LogP contribution is 2.37. The summed E-state index contributed by atoms with van der Waals surface area (Å²) in [7, 11) is 0. The standard InChI is InChI=1S/C28H26F4O4/c1-2-35-15-19-9-14-23(27(32)24(19)29)36-28(34)18-5-3-16(4-6-18)21-12-13-22(26(31)25(21)30)17-7-10-20(33)11-8-17/h3-6,9,12-14,17,20,33H,2,7-8,10-11,15H2,1H3. The molecule has 3 aromatic carbocycles. The molecular formula is C28H26F4O4. The van der Waals surface area contributed by atoms with Crippen LogP contribution in [-0.4, -0.2) is 23.8 Å². The van der Waals surface area contributed by atoms with Crippen molar-refractivity contribution in [3.8, 4) is 16.9 Å². The van der Waals surface area contributed by atoms with Crippen LogP contribution in [0.1, 0.15) is 60.0 Å². The molecule has 1 aliphatic rings. The van der Waals surface area contributed by atoms with Gasteiger partial charge < -0.3 is 14.6 Å². The van der Waals surface area contributed by atoms with Crippen molar-refractivity contribution >= 4 is 5.97 Å². The Labute approximate surface area is 206 Å². The summed E-state index contributed by atoms with van der Waals surface area (Å²) in [6.07, 6.45) is 1.90. The molecule has 0 aromatic heterocycles. The van der Waals surface area contributed by atoms with Gasteiger partial charge >= 0.3 is 5.97 Å². The van der Waals surface area contributed by atoms with Gasteiger partial charge in [0.15, 0.2) is 23.2 Å². The lowest BCUT2D eigenvalue weighted by Gasteiger charge is -2.26. The maximum atomic E-state index is 14.9. The SMILES string of the molecule is CCOCc1ccc(OC(=O)c2ccc(-c3ccc(C4CCC(O)CC4)c(F)c3F)cc2)c(F)c1F. The summed E-state index contributed by atoms with van der Waals surface area (Å²) >= 11 is 0. The topological polar surface area (TPSA) is 55.8 Å². The first-order valence-electron chi connectivity index (χ1n) is 11.8. The van der Waals surface area contributed by atoms with Crippen molar-refractivity contribution in [2.45, 2.75) is 51.2 Å². The maximum Gasteiger partial charge on any atom is 0.343 e. The number of halogens is 4. The van der Waals surface area contributed by atoms with Crippen molar-refractivity contribution in [1.29, 1.82) is 0 Å².